The van der Waals surface area contributed by atoms with E-state index in [1.807, 2.05) is 56.3 Å². The minimum absolute atomic E-state index is 0.153. The van der Waals surface area contributed by atoms with E-state index in [0.717, 1.165) is 23.2 Å². The molecule has 0 atom stereocenters. The normalized spacial score (nSPS) is 10.7. The molecule has 30 heavy (non-hydrogen) atoms. The topological polar surface area (TPSA) is 75.5 Å². The number of aromatic nitrogens is 2. The first kappa shape index (κ1) is 19.4. The van der Waals surface area contributed by atoms with Crippen LogP contribution in [-0.2, 0) is 6.42 Å². The second-order valence-corrected chi connectivity index (χ2v) is 6.98. The highest BCUT2D eigenvalue weighted by atomic mass is 16.2. The molecule has 2 N–H and O–H groups in total. The second kappa shape index (κ2) is 8.21. The Labute approximate surface area is 174 Å². The number of carbonyl (C=O) groups excluding carboxylic acids is 2. The molecule has 0 saturated carbocycles. The van der Waals surface area contributed by atoms with Gasteiger partial charge in [-0.25, -0.2) is 4.98 Å². The minimum Gasteiger partial charge on any atom is -0.320 e. The number of para-hydroxylation sites is 2. The predicted octanol–water partition coefficient (Wildman–Crippen LogP) is 4.71. The van der Waals surface area contributed by atoms with E-state index < -0.39 is 0 Å². The molecule has 2 aromatic carbocycles. The lowest BCUT2D eigenvalue weighted by atomic mass is 10.1. The molecule has 0 aliphatic carbocycles. The summed E-state index contributed by atoms with van der Waals surface area (Å²) in [6.07, 6.45) is 2.52. The van der Waals surface area contributed by atoms with E-state index in [0.29, 0.717) is 11.2 Å². The van der Waals surface area contributed by atoms with Crippen LogP contribution in [0.5, 0.6) is 0 Å². The summed E-state index contributed by atoms with van der Waals surface area (Å²) in [6, 6.07) is 20.5. The Morgan fingerprint density at radius 3 is 2.43 bits per heavy atom. The first-order chi connectivity index (χ1) is 14.6. The maximum absolute atomic E-state index is 13.1. The van der Waals surface area contributed by atoms with E-state index in [-0.39, 0.29) is 23.3 Å². The summed E-state index contributed by atoms with van der Waals surface area (Å²) in [5.74, 6) is -0.576. The second-order valence-electron chi connectivity index (χ2n) is 6.98. The van der Waals surface area contributed by atoms with Gasteiger partial charge in [0.05, 0.1) is 5.52 Å². The van der Waals surface area contributed by atoms with Crippen LogP contribution >= 0.6 is 0 Å². The molecule has 0 spiro atoms. The molecular formula is C24H22N4O2. The van der Waals surface area contributed by atoms with Crippen LogP contribution in [0, 0.1) is 6.92 Å². The highest BCUT2D eigenvalue weighted by Crippen LogP contribution is 2.23. The van der Waals surface area contributed by atoms with E-state index in [1.165, 1.54) is 0 Å². The molecule has 150 valence electrons. The van der Waals surface area contributed by atoms with E-state index in [9.17, 15) is 9.59 Å². The van der Waals surface area contributed by atoms with Crippen molar-refractivity contribution in [1.29, 1.82) is 0 Å². The van der Waals surface area contributed by atoms with Crippen LogP contribution in [0.3, 0.4) is 0 Å². The summed E-state index contributed by atoms with van der Waals surface area (Å²) in [5.41, 5.74) is 4.26. The van der Waals surface area contributed by atoms with Crippen molar-refractivity contribution in [2.75, 3.05) is 10.6 Å². The van der Waals surface area contributed by atoms with Crippen molar-refractivity contribution in [3.63, 3.8) is 0 Å². The lowest BCUT2D eigenvalue weighted by Gasteiger charge is -2.12. The summed E-state index contributed by atoms with van der Waals surface area (Å²) < 4.78 is 1.63. The van der Waals surface area contributed by atoms with E-state index in [2.05, 4.69) is 15.6 Å². The molecular weight excluding hydrogens is 376 g/mol. The van der Waals surface area contributed by atoms with Crippen LogP contribution in [0.25, 0.3) is 5.52 Å². The fourth-order valence-corrected chi connectivity index (χ4v) is 3.45. The Hall–Kier alpha value is -3.93. The van der Waals surface area contributed by atoms with Gasteiger partial charge in [-0.2, -0.15) is 0 Å². The predicted molar refractivity (Wildman–Crippen MR) is 118 cm³/mol. The summed E-state index contributed by atoms with van der Waals surface area (Å²) >= 11 is 0. The molecule has 0 aliphatic heterocycles. The maximum Gasteiger partial charge on any atom is 0.292 e. The highest BCUT2D eigenvalue weighted by Gasteiger charge is 2.22. The summed E-state index contributed by atoms with van der Waals surface area (Å²) in [6.45, 7) is 4.00. The molecule has 0 unspecified atom stereocenters. The Kier molecular flexibility index (Phi) is 5.30. The first-order valence-corrected chi connectivity index (χ1v) is 9.81. The third-order valence-corrected chi connectivity index (χ3v) is 4.98. The average molecular weight is 398 g/mol. The van der Waals surface area contributed by atoms with E-state index >= 15 is 0 Å². The molecule has 4 rings (SSSR count). The number of pyridine rings is 1. The monoisotopic (exact) mass is 398 g/mol. The van der Waals surface area contributed by atoms with Crippen LogP contribution in [-0.4, -0.2) is 21.2 Å². The van der Waals surface area contributed by atoms with Crippen molar-refractivity contribution in [2.24, 2.45) is 0 Å². The number of hydrogen-bond acceptors (Lipinski definition) is 3. The summed E-state index contributed by atoms with van der Waals surface area (Å²) in [4.78, 5) is 30.4. The number of imidazole rings is 1. The Morgan fingerprint density at radius 2 is 1.67 bits per heavy atom. The Morgan fingerprint density at radius 1 is 0.900 bits per heavy atom. The zero-order chi connectivity index (χ0) is 21.1. The lowest BCUT2D eigenvalue weighted by Crippen LogP contribution is -2.17. The molecule has 2 aromatic heterocycles. The lowest BCUT2D eigenvalue weighted by molar-refractivity contribution is 0.101. The third kappa shape index (κ3) is 3.67. The number of aryl methyl sites for hydroxylation is 2. The highest BCUT2D eigenvalue weighted by molar-refractivity contribution is 6.10. The minimum atomic E-state index is -0.383. The van der Waals surface area contributed by atoms with Gasteiger partial charge in [-0.15, -0.1) is 0 Å². The number of benzene rings is 2. The number of fused-ring (bicyclic) bond motifs is 1. The van der Waals surface area contributed by atoms with Gasteiger partial charge in [-0.05, 0) is 48.7 Å². The van der Waals surface area contributed by atoms with Gasteiger partial charge in [-0.1, -0.05) is 49.4 Å². The Balaban J connectivity index is 1.70. The van der Waals surface area contributed by atoms with Gasteiger partial charge in [0.1, 0.15) is 0 Å². The van der Waals surface area contributed by atoms with Gasteiger partial charge in [0.2, 0.25) is 5.82 Å². The van der Waals surface area contributed by atoms with Gasteiger partial charge in [-0.3, -0.25) is 14.0 Å². The third-order valence-electron chi connectivity index (χ3n) is 4.98. The van der Waals surface area contributed by atoms with E-state index in [1.54, 1.807) is 34.9 Å². The molecule has 6 heteroatoms. The van der Waals surface area contributed by atoms with Crippen molar-refractivity contribution in [2.45, 2.75) is 20.3 Å². The molecule has 0 saturated heterocycles. The molecule has 2 amide bonds. The van der Waals surface area contributed by atoms with E-state index in [4.69, 9.17) is 0 Å². The summed E-state index contributed by atoms with van der Waals surface area (Å²) in [7, 11) is 0. The van der Waals surface area contributed by atoms with Gasteiger partial charge < -0.3 is 10.6 Å². The van der Waals surface area contributed by atoms with Crippen LogP contribution in [0.15, 0.2) is 72.9 Å². The number of hydrogen-bond donors (Lipinski definition) is 2. The van der Waals surface area contributed by atoms with Gasteiger partial charge in [0.15, 0.2) is 5.69 Å². The van der Waals surface area contributed by atoms with Crippen molar-refractivity contribution < 1.29 is 9.59 Å². The van der Waals surface area contributed by atoms with Crippen LogP contribution in [0.2, 0.25) is 0 Å². The molecule has 0 radical (unpaired) electrons. The zero-order valence-electron chi connectivity index (χ0n) is 16.8. The fourth-order valence-electron chi connectivity index (χ4n) is 3.45. The standard InChI is InChI=1S/C24H22N4O2/c1-3-17-11-9-10-16(2)20(17)27-23(29)21-19-14-7-8-15-28(19)22(26-21)24(30)25-18-12-5-4-6-13-18/h4-15H,3H2,1-2H3,(H,25,30)(H,27,29). The van der Waals surface area contributed by atoms with Gasteiger partial charge in [0.25, 0.3) is 11.8 Å². The Bertz CT molecular complexity index is 1230. The number of nitrogens with zero attached hydrogens (tertiary/aromatic N) is 2. The molecule has 0 bridgehead atoms. The fraction of sp³-hybridized carbons (Fsp3) is 0.125. The van der Waals surface area contributed by atoms with Crippen LogP contribution < -0.4 is 10.6 Å². The molecule has 4 aromatic rings. The zero-order valence-corrected chi connectivity index (χ0v) is 16.8. The van der Waals surface area contributed by atoms with Crippen molar-refractivity contribution >= 4 is 28.7 Å². The largest absolute Gasteiger partial charge is 0.320 e. The number of rotatable bonds is 5. The number of amides is 2. The number of nitrogens with one attached hydrogen (secondary N) is 2. The van der Waals surface area contributed by atoms with Crippen molar-refractivity contribution in [3.8, 4) is 0 Å². The molecule has 6 nitrogen and oxygen atoms in total. The smallest absolute Gasteiger partial charge is 0.292 e. The first-order valence-electron chi connectivity index (χ1n) is 9.81. The molecule has 0 fully saturated rings. The SMILES string of the molecule is CCc1cccc(C)c1NC(=O)c1nc(C(=O)Nc2ccccc2)n2ccccc12. The molecule has 0 aliphatic rings. The summed E-state index contributed by atoms with van der Waals surface area (Å²) in [5, 5.41) is 5.82. The quantitative estimate of drug-likeness (QED) is 0.511. The molecule has 2 heterocycles. The van der Waals surface area contributed by atoms with Gasteiger partial charge in [0, 0.05) is 17.6 Å². The van der Waals surface area contributed by atoms with Crippen LogP contribution in [0.1, 0.15) is 39.2 Å². The number of anilines is 2. The maximum atomic E-state index is 13.1. The van der Waals surface area contributed by atoms with Gasteiger partial charge >= 0.3 is 0 Å². The van der Waals surface area contributed by atoms with Crippen LogP contribution in [0.4, 0.5) is 11.4 Å². The van der Waals surface area contributed by atoms with Crippen molar-refractivity contribution in [3.05, 3.63) is 95.6 Å². The average Bonchev–Trinajstić information content (AvgIpc) is 3.16. The van der Waals surface area contributed by atoms with Crippen molar-refractivity contribution in [1.82, 2.24) is 9.38 Å². The number of carbonyl (C=O) groups is 2.